The van der Waals surface area contributed by atoms with Gasteiger partial charge in [-0.3, -0.25) is 4.40 Å². The van der Waals surface area contributed by atoms with Crippen LogP contribution >= 0.6 is 23.4 Å². The highest BCUT2D eigenvalue weighted by molar-refractivity contribution is 7.99. The second-order valence-corrected chi connectivity index (χ2v) is 9.32. The number of benzene rings is 2. The second kappa shape index (κ2) is 8.14. The highest BCUT2D eigenvalue weighted by Crippen LogP contribution is 2.38. The largest absolute Gasteiger partial charge is 0.476 e. The SMILES string of the molecule is N#CC1(c2cccc(Sc3ccc4c(Cl)cc5nc(C(=O)O)cn5c4c3)c2)CCOCC1. The Morgan fingerprint density at radius 1 is 1.19 bits per heavy atom. The van der Waals surface area contributed by atoms with E-state index < -0.39 is 11.4 Å². The number of carboxylic acid groups (broad SMARTS) is 1. The number of aromatic nitrogens is 2. The van der Waals surface area contributed by atoms with E-state index in [1.54, 1.807) is 22.2 Å². The molecule has 1 N–H and O–H groups in total. The molecule has 0 unspecified atom stereocenters. The number of carbonyl (C=O) groups is 1. The van der Waals surface area contributed by atoms with Crippen LogP contribution in [0.1, 0.15) is 28.9 Å². The van der Waals surface area contributed by atoms with Gasteiger partial charge in [-0.15, -0.1) is 0 Å². The summed E-state index contributed by atoms with van der Waals surface area (Å²) in [5.74, 6) is -1.08. The molecule has 0 aliphatic carbocycles. The first kappa shape index (κ1) is 20.8. The molecule has 0 amide bonds. The van der Waals surface area contributed by atoms with Crippen LogP contribution in [0.15, 0.2) is 64.5 Å². The van der Waals surface area contributed by atoms with Gasteiger partial charge in [0.05, 0.1) is 22.0 Å². The number of pyridine rings is 1. The van der Waals surface area contributed by atoms with Crippen molar-refractivity contribution in [1.82, 2.24) is 9.38 Å². The third-order valence-corrected chi connectivity index (χ3v) is 7.17. The maximum atomic E-state index is 11.4. The molecule has 1 fully saturated rings. The lowest BCUT2D eigenvalue weighted by Gasteiger charge is -2.31. The van der Waals surface area contributed by atoms with Gasteiger partial charge in [-0.2, -0.15) is 5.26 Å². The number of halogens is 1. The van der Waals surface area contributed by atoms with Crippen LogP contribution in [0.25, 0.3) is 16.6 Å². The normalized spacial score (nSPS) is 15.6. The highest BCUT2D eigenvalue weighted by atomic mass is 35.5. The third-order valence-electron chi connectivity index (χ3n) is 5.88. The number of aromatic carboxylic acids is 1. The summed E-state index contributed by atoms with van der Waals surface area (Å²) in [7, 11) is 0. The predicted octanol–water partition coefficient (Wildman–Crippen LogP) is 5.56. The van der Waals surface area contributed by atoms with Gasteiger partial charge in [0.15, 0.2) is 5.69 Å². The number of fused-ring (bicyclic) bond motifs is 3. The van der Waals surface area contributed by atoms with E-state index in [1.807, 2.05) is 36.4 Å². The van der Waals surface area contributed by atoms with E-state index in [0.717, 1.165) is 26.3 Å². The first-order valence-corrected chi connectivity index (χ1v) is 11.3. The Balaban J connectivity index is 1.54. The van der Waals surface area contributed by atoms with Gasteiger partial charge in [0.2, 0.25) is 0 Å². The van der Waals surface area contributed by atoms with Gasteiger partial charge >= 0.3 is 5.97 Å². The fourth-order valence-electron chi connectivity index (χ4n) is 4.14. The lowest BCUT2D eigenvalue weighted by molar-refractivity contribution is 0.0674. The number of carboxylic acids is 1. The zero-order valence-corrected chi connectivity index (χ0v) is 18.5. The number of rotatable bonds is 4. The smallest absolute Gasteiger partial charge is 0.356 e. The lowest BCUT2D eigenvalue weighted by atomic mass is 9.75. The molecule has 2 aromatic carbocycles. The zero-order valence-electron chi connectivity index (χ0n) is 16.9. The molecule has 0 spiro atoms. The number of nitriles is 1. The predicted molar refractivity (Wildman–Crippen MR) is 123 cm³/mol. The molecule has 6 nitrogen and oxygen atoms in total. The van der Waals surface area contributed by atoms with Crippen molar-refractivity contribution in [3.05, 3.63) is 71.0 Å². The summed E-state index contributed by atoms with van der Waals surface area (Å²) in [6.45, 7) is 1.19. The van der Waals surface area contributed by atoms with E-state index in [0.29, 0.717) is 36.7 Å². The van der Waals surface area contributed by atoms with Crippen LogP contribution in [0.3, 0.4) is 0 Å². The van der Waals surface area contributed by atoms with Gasteiger partial charge in [-0.25, -0.2) is 9.78 Å². The number of hydrogen-bond acceptors (Lipinski definition) is 5. The molecule has 0 saturated carbocycles. The van der Waals surface area contributed by atoms with Crippen molar-refractivity contribution >= 4 is 45.9 Å². The third kappa shape index (κ3) is 3.61. The molecule has 1 aliphatic rings. The molecule has 1 saturated heterocycles. The molecule has 32 heavy (non-hydrogen) atoms. The standard InChI is InChI=1S/C24H18ClN3O3S/c25-19-12-22-27-20(23(29)30)13-28(22)21-11-17(4-5-18(19)21)32-16-3-1-2-15(10-16)24(14-26)6-8-31-9-7-24/h1-5,10-13H,6-9H2,(H,29,30). The van der Waals surface area contributed by atoms with E-state index in [9.17, 15) is 15.2 Å². The van der Waals surface area contributed by atoms with E-state index in [-0.39, 0.29) is 5.69 Å². The number of nitrogens with zero attached hydrogens (tertiary/aromatic N) is 3. The summed E-state index contributed by atoms with van der Waals surface area (Å²) in [5.41, 5.74) is 1.74. The van der Waals surface area contributed by atoms with Crippen LogP contribution in [0.4, 0.5) is 0 Å². The molecule has 160 valence electrons. The van der Waals surface area contributed by atoms with Gasteiger partial charge in [0.1, 0.15) is 5.65 Å². The van der Waals surface area contributed by atoms with Gasteiger partial charge < -0.3 is 9.84 Å². The van der Waals surface area contributed by atoms with Gasteiger partial charge in [0.25, 0.3) is 0 Å². The molecule has 1 aliphatic heterocycles. The molecular formula is C24H18ClN3O3S. The van der Waals surface area contributed by atoms with Crippen LogP contribution in [-0.4, -0.2) is 33.7 Å². The van der Waals surface area contributed by atoms with Crippen molar-refractivity contribution in [3.8, 4) is 6.07 Å². The van der Waals surface area contributed by atoms with Gasteiger partial charge in [-0.1, -0.05) is 41.6 Å². The van der Waals surface area contributed by atoms with Crippen LogP contribution in [0.2, 0.25) is 5.02 Å². The van der Waals surface area contributed by atoms with Crippen molar-refractivity contribution in [2.45, 2.75) is 28.0 Å². The highest BCUT2D eigenvalue weighted by Gasteiger charge is 2.34. The van der Waals surface area contributed by atoms with E-state index in [2.05, 4.69) is 17.1 Å². The maximum Gasteiger partial charge on any atom is 0.356 e. The van der Waals surface area contributed by atoms with Crippen LogP contribution in [0, 0.1) is 11.3 Å². The molecule has 2 aromatic heterocycles. The Hall–Kier alpha value is -3.05. The summed E-state index contributed by atoms with van der Waals surface area (Å²) in [4.78, 5) is 17.5. The Morgan fingerprint density at radius 2 is 1.97 bits per heavy atom. The summed E-state index contributed by atoms with van der Waals surface area (Å²) >= 11 is 8.01. The van der Waals surface area contributed by atoms with Gasteiger partial charge in [0, 0.05) is 40.7 Å². The Labute approximate surface area is 193 Å². The topological polar surface area (TPSA) is 87.6 Å². The molecule has 8 heteroatoms. The van der Waals surface area contributed by atoms with Crippen molar-refractivity contribution in [2.75, 3.05) is 13.2 Å². The van der Waals surface area contributed by atoms with E-state index in [1.165, 1.54) is 6.20 Å². The minimum Gasteiger partial charge on any atom is -0.476 e. The van der Waals surface area contributed by atoms with Crippen molar-refractivity contribution in [2.24, 2.45) is 0 Å². The minimum atomic E-state index is -1.08. The number of hydrogen-bond donors (Lipinski definition) is 1. The molecule has 4 aromatic rings. The summed E-state index contributed by atoms with van der Waals surface area (Å²) < 4.78 is 7.21. The number of imidazole rings is 1. The van der Waals surface area contributed by atoms with E-state index >= 15 is 0 Å². The molecule has 0 atom stereocenters. The Morgan fingerprint density at radius 3 is 2.72 bits per heavy atom. The minimum absolute atomic E-state index is 0.0300. The average Bonchev–Trinajstić information content (AvgIpc) is 3.24. The fourth-order valence-corrected chi connectivity index (χ4v) is 5.31. The quantitative estimate of drug-likeness (QED) is 0.426. The molecule has 3 heterocycles. The Bertz CT molecular complexity index is 1400. The summed E-state index contributed by atoms with van der Waals surface area (Å²) in [6, 6.07) is 18.2. The molecule has 5 rings (SSSR count). The van der Waals surface area contributed by atoms with Gasteiger partial charge in [-0.05, 0) is 42.7 Å². The maximum absolute atomic E-state index is 11.4. The monoisotopic (exact) mass is 463 g/mol. The van der Waals surface area contributed by atoms with Crippen molar-refractivity contribution < 1.29 is 14.6 Å². The Kier molecular flexibility index (Phi) is 5.30. The van der Waals surface area contributed by atoms with Crippen molar-refractivity contribution in [1.29, 1.82) is 5.26 Å². The fraction of sp³-hybridized carbons (Fsp3) is 0.208. The van der Waals surface area contributed by atoms with Crippen LogP contribution in [-0.2, 0) is 10.2 Å². The zero-order chi connectivity index (χ0) is 22.3. The summed E-state index contributed by atoms with van der Waals surface area (Å²) in [6.07, 6.45) is 2.89. The van der Waals surface area contributed by atoms with Crippen LogP contribution in [0.5, 0.6) is 0 Å². The molecule has 0 radical (unpaired) electrons. The summed E-state index contributed by atoms with van der Waals surface area (Å²) in [5, 5.41) is 20.5. The van der Waals surface area contributed by atoms with Crippen molar-refractivity contribution in [3.63, 3.8) is 0 Å². The second-order valence-electron chi connectivity index (χ2n) is 7.77. The lowest BCUT2D eigenvalue weighted by Crippen LogP contribution is -2.32. The number of ether oxygens (including phenoxy) is 1. The molecular weight excluding hydrogens is 446 g/mol. The first-order chi connectivity index (χ1) is 15.5. The molecule has 0 bridgehead atoms. The van der Waals surface area contributed by atoms with Crippen LogP contribution < -0.4 is 0 Å². The average molecular weight is 464 g/mol. The van der Waals surface area contributed by atoms with E-state index in [4.69, 9.17) is 16.3 Å². The first-order valence-electron chi connectivity index (χ1n) is 10.1.